The van der Waals surface area contributed by atoms with Gasteiger partial charge in [-0.15, -0.1) is 0 Å². The van der Waals surface area contributed by atoms with E-state index < -0.39 is 12.0 Å². The fourth-order valence-corrected chi connectivity index (χ4v) is 1.99. The van der Waals surface area contributed by atoms with Crippen LogP contribution in [0.3, 0.4) is 0 Å². The zero-order chi connectivity index (χ0) is 18.0. The van der Waals surface area contributed by atoms with Crippen molar-refractivity contribution in [3.63, 3.8) is 0 Å². The maximum atomic E-state index is 12.0. The zero-order valence-electron chi connectivity index (χ0n) is 14.7. The first kappa shape index (κ1) is 20.1. The molecule has 0 heterocycles. The normalized spacial score (nSPS) is 12.5. The summed E-state index contributed by atoms with van der Waals surface area (Å²) in [6.07, 6.45) is 0.676. The Balaban J connectivity index is 2.31. The largest absolute Gasteiger partial charge is 0.461 e. The van der Waals surface area contributed by atoms with Crippen LogP contribution in [0.4, 0.5) is 0 Å². The Kier molecular flexibility index (Phi) is 8.43. The van der Waals surface area contributed by atoms with Crippen LogP contribution in [0.25, 0.3) is 0 Å². The number of ether oxygens (including phenoxy) is 2. The minimum absolute atomic E-state index is 0.0980. The first-order chi connectivity index (χ1) is 11.3. The minimum Gasteiger partial charge on any atom is -0.461 e. The van der Waals surface area contributed by atoms with Crippen LogP contribution in [0.5, 0.6) is 0 Å². The Morgan fingerprint density at radius 2 is 1.92 bits per heavy atom. The number of amides is 1. The molecule has 0 aliphatic carbocycles. The molecule has 0 saturated carbocycles. The first-order valence-corrected chi connectivity index (χ1v) is 8.06. The summed E-state index contributed by atoms with van der Waals surface area (Å²) in [7, 11) is 1.64. The van der Waals surface area contributed by atoms with Crippen molar-refractivity contribution < 1.29 is 19.1 Å². The highest BCUT2D eigenvalue weighted by Crippen LogP contribution is 2.18. The molecule has 0 spiro atoms. The Bertz CT molecular complexity index is 517. The van der Waals surface area contributed by atoms with Gasteiger partial charge < -0.3 is 20.5 Å². The lowest BCUT2D eigenvalue weighted by Crippen LogP contribution is -2.45. The average Bonchev–Trinajstić information content (AvgIpc) is 2.57. The molecule has 1 amide bonds. The first-order valence-electron chi connectivity index (χ1n) is 8.06. The van der Waals surface area contributed by atoms with Crippen LogP contribution in [-0.2, 0) is 25.7 Å². The predicted molar refractivity (Wildman–Crippen MR) is 92.1 cm³/mol. The molecule has 0 bridgehead atoms. The van der Waals surface area contributed by atoms with E-state index in [1.165, 1.54) is 0 Å². The number of hydrogen-bond donors (Lipinski definition) is 2. The summed E-state index contributed by atoms with van der Waals surface area (Å²) < 4.78 is 10.2. The molecule has 24 heavy (non-hydrogen) atoms. The smallest absolute Gasteiger partial charge is 0.308 e. The van der Waals surface area contributed by atoms with Gasteiger partial charge >= 0.3 is 5.97 Å². The van der Waals surface area contributed by atoms with Gasteiger partial charge in [0.2, 0.25) is 5.91 Å². The third-order valence-electron chi connectivity index (χ3n) is 3.69. The second kappa shape index (κ2) is 10.1. The Labute approximate surface area is 143 Å². The highest BCUT2D eigenvalue weighted by molar-refractivity contribution is 5.86. The van der Waals surface area contributed by atoms with Crippen molar-refractivity contribution in [3.05, 3.63) is 35.9 Å². The van der Waals surface area contributed by atoms with Gasteiger partial charge in [0.05, 0.1) is 12.5 Å². The van der Waals surface area contributed by atoms with Crippen molar-refractivity contribution in [3.8, 4) is 0 Å². The number of carbonyl (C=O) groups is 2. The standard InChI is InChI=1S/C18H28N2O4/c1-18(2,9-10-23-3)13-20-17(22)15(19)11-16(21)24-12-14-7-5-4-6-8-14/h4-8,15H,9-13,19H2,1-3H3,(H,20,22)/t15-/m0/s1. The van der Waals surface area contributed by atoms with Crippen LogP contribution in [0.15, 0.2) is 30.3 Å². The fraction of sp³-hybridized carbons (Fsp3) is 0.556. The van der Waals surface area contributed by atoms with E-state index in [9.17, 15) is 9.59 Å². The van der Waals surface area contributed by atoms with Gasteiger partial charge in [-0.25, -0.2) is 0 Å². The van der Waals surface area contributed by atoms with Crippen LogP contribution in [0.2, 0.25) is 0 Å². The van der Waals surface area contributed by atoms with Crippen molar-refractivity contribution >= 4 is 11.9 Å². The molecule has 1 aromatic rings. The van der Waals surface area contributed by atoms with Crippen LogP contribution in [0.1, 0.15) is 32.3 Å². The highest BCUT2D eigenvalue weighted by Gasteiger charge is 2.22. The quantitative estimate of drug-likeness (QED) is 0.634. The molecule has 134 valence electrons. The van der Waals surface area contributed by atoms with Gasteiger partial charge in [-0.05, 0) is 17.4 Å². The lowest BCUT2D eigenvalue weighted by molar-refractivity contribution is -0.146. The lowest BCUT2D eigenvalue weighted by Gasteiger charge is -2.25. The molecule has 0 fully saturated rings. The number of esters is 1. The summed E-state index contributed by atoms with van der Waals surface area (Å²) in [5.74, 6) is -0.836. The summed E-state index contributed by atoms with van der Waals surface area (Å²) in [6, 6.07) is 8.44. The van der Waals surface area contributed by atoms with Gasteiger partial charge in [0.1, 0.15) is 6.61 Å². The second-order valence-corrected chi connectivity index (χ2v) is 6.58. The van der Waals surface area contributed by atoms with E-state index in [0.717, 1.165) is 12.0 Å². The van der Waals surface area contributed by atoms with Crippen LogP contribution < -0.4 is 11.1 Å². The molecular formula is C18H28N2O4. The number of carbonyl (C=O) groups excluding carboxylic acids is 2. The van der Waals surface area contributed by atoms with E-state index in [1.807, 2.05) is 44.2 Å². The Hall–Kier alpha value is -1.92. The van der Waals surface area contributed by atoms with Crippen molar-refractivity contribution in [2.45, 2.75) is 39.3 Å². The van der Waals surface area contributed by atoms with Crippen molar-refractivity contribution in [2.24, 2.45) is 11.1 Å². The number of hydrogen-bond acceptors (Lipinski definition) is 5. The molecule has 1 atom stereocenters. The van der Waals surface area contributed by atoms with Gasteiger partial charge in [-0.1, -0.05) is 44.2 Å². The number of benzene rings is 1. The highest BCUT2D eigenvalue weighted by atomic mass is 16.5. The monoisotopic (exact) mass is 336 g/mol. The Morgan fingerprint density at radius 3 is 2.54 bits per heavy atom. The van der Waals surface area contributed by atoms with Gasteiger partial charge in [0.25, 0.3) is 0 Å². The van der Waals surface area contributed by atoms with Crippen LogP contribution >= 0.6 is 0 Å². The number of rotatable bonds is 10. The van der Waals surface area contributed by atoms with Crippen LogP contribution in [0, 0.1) is 5.41 Å². The Morgan fingerprint density at radius 1 is 1.25 bits per heavy atom. The fourth-order valence-electron chi connectivity index (χ4n) is 1.99. The second-order valence-electron chi connectivity index (χ2n) is 6.58. The summed E-state index contributed by atoms with van der Waals surface area (Å²) >= 11 is 0. The molecule has 6 nitrogen and oxygen atoms in total. The molecule has 1 aromatic carbocycles. The van der Waals surface area contributed by atoms with E-state index in [2.05, 4.69) is 5.32 Å². The maximum absolute atomic E-state index is 12.0. The number of nitrogens with one attached hydrogen (secondary N) is 1. The maximum Gasteiger partial charge on any atom is 0.308 e. The lowest BCUT2D eigenvalue weighted by atomic mass is 9.89. The van der Waals surface area contributed by atoms with Gasteiger partial charge in [0.15, 0.2) is 0 Å². The van der Waals surface area contributed by atoms with E-state index in [1.54, 1.807) is 7.11 Å². The molecule has 0 saturated heterocycles. The summed E-state index contributed by atoms with van der Waals surface area (Å²) in [5, 5.41) is 2.78. The zero-order valence-corrected chi connectivity index (χ0v) is 14.7. The van der Waals surface area contributed by atoms with E-state index in [0.29, 0.717) is 13.2 Å². The topological polar surface area (TPSA) is 90.6 Å². The van der Waals surface area contributed by atoms with E-state index in [-0.39, 0.29) is 24.3 Å². The summed E-state index contributed by atoms with van der Waals surface area (Å²) in [6.45, 7) is 5.35. The SMILES string of the molecule is COCCC(C)(C)CNC(=O)[C@@H](N)CC(=O)OCc1ccccc1. The van der Waals surface area contributed by atoms with Gasteiger partial charge in [-0.3, -0.25) is 9.59 Å². The van der Waals surface area contributed by atoms with Gasteiger partial charge in [-0.2, -0.15) is 0 Å². The van der Waals surface area contributed by atoms with Crippen LogP contribution in [-0.4, -0.2) is 38.2 Å². The third-order valence-corrected chi connectivity index (χ3v) is 3.69. The molecule has 0 aromatic heterocycles. The molecule has 6 heteroatoms. The van der Waals surface area contributed by atoms with E-state index in [4.69, 9.17) is 15.2 Å². The summed E-state index contributed by atoms with van der Waals surface area (Å²) in [4.78, 5) is 23.8. The minimum atomic E-state index is -0.911. The molecule has 0 radical (unpaired) electrons. The molecule has 0 unspecified atom stereocenters. The summed E-state index contributed by atoms with van der Waals surface area (Å²) in [5.41, 5.74) is 6.57. The van der Waals surface area contributed by atoms with Crippen molar-refractivity contribution in [2.75, 3.05) is 20.3 Å². The van der Waals surface area contributed by atoms with Gasteiger partial charge in [0, 0.05) is 20.3 Å². The molecular weight excluding hydrogens is 308 g/mol. The molecule has 3 N–H and O–H groups in total. The van der Waals surface area contributed by atoms with E-state index >= 15 is 0 Å². The van der Waals surface area contributed by atoms with Crippen molar-refractivity contribution in [1.29, 1.82) is 0 Å². The third kappa shape index (κ3) is 8.08. The van der Waals surface area contributed by atoms with Crippen molar-refractivity contribution in [1.82, 2.24) is 5.32 Å². The number of nitrogens with two attached hydrogens (primary N) is 1. The average molecular weight is 336 g/mol. The molecule has 0 aliphatic heterocycles. The predicted octanol–water partition coefficient (Wildman–Crippen LogP) is 1.63. The molecule has 0 aliphatic rings. The molecule has 1 rings (SSSR count). The number of methoxy groups -OCH3 is 1.